The summed E-state index contributed by atoms with van der Waals surface area (Å²) in [6.07, 6.45) is 9.63. The Labute approximate surface area is 135 Å². The molecule has 0 atom stereocenters. The van der Waals surface area contributed by atoms with Crippen LogP contribution in [-0.2, 0) is 26.1 Å². The van der Waals surface area contributed by atoms with E-state index in [1.807, 2.05) is 24.8 Å². The second kappa shape index (κ2) is 6.34. The number of nitrogens with one attached hydrogen (secondary N) is 1. The van der Waals surface area contributed by atoms with Crippen molar-refractivity contribution in [3.8, 4) is 11.5 Å². The third-order valence-corrected chi connectivity index (χ3v) is 4.23. The normalized spacial score (nSPS) is 14.4. The van der Waals surface area contributed by atoms with Gasteiger partial charge in [0.25, 0.3) is 0 Å². The number of nitrogens with zero attached hydrogens (tertiary/aromatic N) is 5. The number of rotatable bonds is 4. The Morgan fingerprint density at radius 1 is 1.17 bits per heavy atom. The fraction of sp³-hybridized carbons (Fsp3) is 0.353. The molecule has 23 heavy (non-hydrogen) atoms. The van der Waals surface area contributed by atoms with Gasteiger partial charge in [0.2, 0.25) is 0 Å². The molecule has 0 fully saturated rings. The number of fused-ring (bicyclic) bond motifs is 1. The van der Waals surface area contributed by atoms with Gasteiger partial charge in [-0.15, -0.1) is 0 Å². The molecule has 0 bridgehead atoms. The molecule has 0 aromatic carbocycles. The molecule has 6 nitrogen and oxygen atoms in total. The van der Waals surface area contributed by atoms with Crippen molar-refractivity contribution in [3.63, 3.8) is 0 Å². The summed E-state index contributed by atoms with van der Waals surface area (Å²) in [5.74, 6) is 0.944. The average molecular weight is 308 g/mol. The molecule has 4 rings (SSSR count). The Hall–Kier alpha value is -2.47. The third kappa shape index (κ3) is 3.03. The van der Waals surface area contributed by atoms with Crippen LogP contribution in [-0.4, -0.2) is 30.9 Å². The molecule has 1 N–H and O–H groups in total. The largest absolute Gasteiger partial charge is 0.329 e. The Morgan fingerprint density at radius 3 is 3.00 bits per heavy atom. The number of imidazole rings is 1. The molecular weight excluding hydrogens is 288 g/mol. The Kier molecular flexibility index (Phi) is 3.90. The van der Waals surface area contributed by atoms with E-state index >= 15 is 0 Å². The summed E-state index contributed by atoms with van der Waals surface area (Å²) >= 11 is 0. The Bertz CT molecular complexity index is 750. The Balaban J connectivity index is 1.55. The molecule has 118 valence electrons. The molecule has 3 aromatic heterocycles. The molecule has 0 saturated heterocycles. The van der Waals surface area contributed by atoms with E-state index in [-0.39, 0.29) is 0 Å². The highest BCUT2D eigenvalue weighted by Gasteiger charge is 2.15. The number of aryl methyl sites for hydroxylation is 3. The summed E-state index contributed by atoms with van der Waals surface area (Å²) in [7, 11) is 0. The SMILES string of the molecule is c1cc(CCn2ccnc2-c2cc3n(n2)CCCNC3)ccn1. The zero-order valence-electron chi connectivity index (χ0n) is 13.0. The van der Waals surface area contributed by atoms with Crippen molar-refractivity contribution in [3.05, 3.63) is 54.2 Å². The van der Waals surface area contributed by atoms with Crippen LogP contribution < -0.4 is 5.32 Å². The molecule has 0 radical (unpaired) electrons. The first kappa shape index (κ1) is 14.1. The average Bonchev–Trinajstić information content (AvgIpc) is 3.15. The van der Waals surface area contributed by atoms with Gasteiger partial charge in [-0.2, -0.15) is 5.10 Å². The highest BCUT2D eigenvalue weighted by atomic mass is 15.3. The lowest BCUT2D eigenvalue weighted by Crippen LogP contribution is -2.11. The molecule has 3 aromatic rings. The van der Waals surface area contributed by atoms with Crippen LogP contribution in [0.1, 0.15) is 17.7 Å². The monoisotopic (exact) mass is 308 g/mol. The van der Waals surface area contributed by atoms with Crippen molar-refractivity contribution in [2.24, 2.45) is 0 Å². The second-order valence-corrected chi connectivity index (χ2v) is 5.82. The third-order valence-electron chi connectivity index (χ3n) is 4.23. The number of aromatic nitrogens is 5. The van der Waals surface area contributed by atoms with Crippen molar-refractivity contribution < 1.29 is 0 Å². The van der Waals surface area contributed by atoms with Crippen molar-refractivity contribution in [2.45, 2.75) is 32.5 Å². The maximum atomic E-state index is 4.75. The lowest BCUT2D eigenvalue weighted by molar-refractivity contribution is 0.587. The van der Waals surface area contributed by atoms with Crippen LogP contribution >= 0.6 is 0 Å². The predicted molar refractivity (Wildman–Crippen MR) is 87.7 cm³/mol. The molecule has 0 unspecified atom stereocenters. The number of hydrogen-bond donors (Lipinski definition) is 1. The maximum absolute atomic E-state index is 4.75. The molecule has 0 spiro atoms. The van der Waals surface area contributed by atoms with Gasteiger partial charge in [0, 0.05) is 44.4 Å². The molecule has 4 heterocycles. The number of pyridine rings is 1. The van der Waals surface area contributed by atoms with Gasteiger partial charge in [0.1, 0.15) is 5.69 Å². The van der Waals surface area contributed by atoms with E-state index in [2.05, 4.69) is 42.7 Å². The van der Waals surface area contributed by atoms with Gasteiger partial charge >= 0.3 is 0 Å². The highest BCUT2D eigenvalue weighted by molar-refractivity contribution is 5.50. The van der Waals surface area contributed by atoms with Gasteiger partial charge in [0.15, 0.2) is 5.82 Å². The van der Waals surface area contributed by atoms with Crippen LogP contribution in [0, 0.1) is 0 Å². The first-order chi connectivity index (χ1) is 11.4. The molecule has 6 heteroatoms. The van der Waals surface area contributed by atoms with Crippen molar-refractivity contribution in [1.82, 2.24) is 29.6 Å². The van der Waals surface area contributed by atoms with Gasteiger partial charge in [-0.3, -0.25) is 9.67 Å². The zero-order chi connectivity index (χ0) is 15.5. The van der Waals surface area contributed by atoms with Crippen LogP contribution in [0.4, 0.5) is 0 Å². The first-order valence-corrected chi connectivity index (χ1v) is 8.08. The summed E-state index contributed by atoms with van der Waals surface area (Å²) in [6.45, 7) is 3.80. The first-order valence-electron chi connectivity index (χ1n) is 8.08. The molecule has 0 aliphatic carbocycles. The minimum Gasteiger partial charge on any atom is -0.329 e. The topological polar surface area (TPSA) is 60.6 Å². The van der Waals surface area contributed by atoms with E-state index in [9.17, 15) is 0 Å². The quantitative estimate of drug-likeness (QED) is 0.799. The standard InChI is InChI=1S/C17H20N6/c1-5-19-13-15-12-16(21-23(15)9-1)17-20-8-11-22(17)10-4-14-2-6-18-7-3-14/h2-3,6-8,11-12,19H,1,4-5,9-10,13H2. The fourth-order valence-electron chi connectivity index (χ4n) is 2.99. The summed E-state index contributed by atoms with van der Waals surface area (Å²) in [4.78, 5) is 8.58. The van der Waals surface area contributed by atoms with Gasteiger partial charge in [-0.05, 0) is 43.1 Å². The predicted octanol–water partition coefficient (Wildman–Crippen LogP) is 1.88. The second-order valence-electron chi connectivity index (χ2n) is 5.82. The molecular formula is C17H20N6. The van der Waals surface area contributed by atoms with Crippen molar-refractivity contribution in [2.75, 3.05) is 6.54 Å². The van der Waals surface area contributed by atoms with Crippen LogP contribution in [0.15, 0.2) is 43.0 Å². The summed E-state index contributed by atoms with van der Waals surface area (Å²) in [5, 5.41) is 8.18. The Morgan fingerprint density at radius 2 is 2.09 bits per heavy atom. The minimum absolute atomic E-state index is 0.880. The highest BCUT2D eigenvalue weighted by Crippen LogP contribution is 2.19. The van der Waals surface area contributed by atoms with E-state index in [0.29, 0.717) is 0 Å². The summed E-state index contributed by atoms with van der Waals surface area (Å²) in [5.41, 5.74) is 3.48. The van der Waals surface area contributed by atoms with E-state index in [4.69, 9.17) is 5.10 Å². The lowest BCUT2D eigenvalue weighted by atomic mass is 10.2. The van der Waals surface area contributed by atoms with Crippen LogP contribution in [0.2, 0.25) is 0 Å². The molecule has 1 aliphatic rings. The van der Waals surface area contributed by atoms with Crippen molar-refractivity contribution in [1.29, 1.82) is 0 Å². The fourth-order valence-corrected chi connectivity index (χ4v) is 2.99. The van der Waals surface area contributed by atoms with E-state index in [1.54, 1.807) is 0 Å². The van der Waals surface area contributed by atoms with E-state index in [1.165, 1.54) is 11.3 Å². The smallest absolute Gasteiger partial charge is 0.160 e. The van der Waals surface area contributed by atoms with Gasteiger partial charge in [-0.25, -0.2) is 4.98 Å². The van der Waals surface area contributed by atoms with E-state index < -0.39 is 0 Å². The zero-order valence-corrected chi connectivity index (χ0v) is 13.0. The van der Waals surface area contributed by atoms with E-state index in [0.717, 1.165) is 50.5 Å². The van der Waals surface area contributed by atoms with Gasteiger partial charge < -0.3 is 9.88 Å². The van der Waals surface area contributed by atoms with Gasteiger partial charge in [-0.1, -0.05) is 0 Å². The number of hydrogen-bond acceptors (Lipinski definition) is 4. The lowest BCUT2D eigenvalue weighted by Gasteiger charge is -2.06. The van der Waals surface area contributed by atoms with Crippen LogP contribution in [0.3, 0.4) is 0 Å². The summed E-state index contributed by atoms with van der Waals surface area (Å²) < 4.78 is 4.29. The maximum Gasteiger partial charge on any atom is 0.160 e. The molecule has 1 aliphatic heterocycles. The van der Waals surface area contributed by atoms with Gasteiger partial charge in [0.05, 0.1) is 5.69 Å². The van der Waals surface area contributed by atoms with Crippen LogP contribution in [0.25, 0.3) is 11.5 Å². The minimum atomic E-state index is 0.880. The molecule has 0 amide bonds. The molecule has 0 saturated carbocycles. The van der Waals surface area contributed by atoms with Crippen molar-refractivity contribution >= 4 is 0 Å². The van der Waals surface area contributed by atoms with Crippen LogP contribution in [0.5, 0.6) is 0 Å². The summed E-state index contributed by atoms with van der Waals surface area (Å²) in [6, 6.07) is 6.27.